The molecule has 7 nitrogen and oxygen atoms in total. The third kappa shape index (κ3) is 2.85. The molecule has 140 valence electrons. The standard InChI is InChI=1S/C19H25N3O4/c1-11-3-4-12(9-15(11)22-7-6-20-19(22)24)18(23)21-16-13-5-8-26-17(13)14(16)10-25-2/h3-4,9,13-14,16-17H,5-8,10H2,1-2H3,(H,20,24)(H,21,23). The second-order valence-corrected chi connectivity index (χ2v) is 7.29. The highest BCUT2D eigenvalue weighted by Gasteiger charge is 2.54. The van der Waals surface area contributed by atoms with Crippen LogP contribution in [-0.4, -0.2) is 57.5 Å². The SMILES string of the molecule is COCC1C(NC(=O)c2ccc(C)c(N3CCNC3=O)c2)C2CCOC21. The molecule has 0 radical (unpaired) electrons. The molecule has 3 aliphatic rings. The number of carbonyl (C=O) groups excluding carboxylic acids is 2. The number of nitrogens with one attached hydrogen (secondary N) is 2. The number of urea groups is 1. The van der Waals surface area contributed by atoms with Crippen LogP contribution in [0.4, 0.5) is 10.5 Å². The average Bonchev–Trinajstić information content (AvgIpc) is 3.24. The van der Waals surface area contributed by atoms with E-state index in [4.69, 9.17) is 9.47 Å². The van der Waals surface area contributed by atoms with Crippen LogP contribution in [0.1, 0.15) is 22.3 Å². The highest BCUT2D eigenvalue weighted by Crippen LogP contribution is 2.43. The van der Waals surface area contributed by atoms with E-state index in [9.17, 15) is 9.59 Å². The van der Waals surface area contributed by atoms with Crippen molar-refractivity contribution >= 4 is 17.6 Å². The number of ether oxygens (including phenoxy) is 2. The number of amides is 3. The van der Waals surface area contributed by atoms with Gasteiger partial charge in [-0.2, -0.15) is 0 Å². The molecule has 2 N–H and O–H groups in total. The van der Waals surface area contributed by atoms with Gasteiger partial charge in [0.25, 0.3) is 5.91 Å². The van der Waals surface area contributed by atoms with Gasteiger partial charge in [0.1, 0.15) is 0 Å². The maximum absolute atomic E-state index is 12.8. The quantitative estimate of drug-likeness (QED) is 0.831. The monoisotopic (exact) mass is 359 g/mol. The first-order chi connectivity index (χ1) is 12.6. The van der Waals surface area contributed by atoms with Gasteiger partial charge in [0.2, 0.25) is 0 Å². The van der Waals surface area contributed by atoms with E-state index < -0.39 is 0 Å². The number of carbonyl (C=O) groups is 2. The Labute approximate surface area is 153 Å². The van der Waals surface area contributed by atoms with E-state index in [2.05, 4.69) is 10.6 Å². The van der Waals surface area contributed by atoms with Crippen molar-refractivity contribution in [3.8, 4) is 0 Å². The predicted octanol–water partition coefficient (Wildman–Crippen LogP) is 1.30. The van der Waals surface area contributed by atoms with Crippen LogP contribution in [-0.2, 0) is 9.47 Å². The van der Waals surface area contributed by atoms with Gasteiger partial charge in [-0.1, -0.05) is 6.07 Å². The molecule has 1 saturated carbocycles. The van der Waals surface area contributed by atoms with Crippen molar-refractivity contribution in [3.05, 3.63) is 29.3 Å². The first-order valence-corrected chi connectivity index (χ1v) is 9.17. The summed E-state index contributed by atoms with van der Waals surface area (Å²) in [4.78, 5) is 26.5. The van der Waals surface area contributed by atoms with E-state index in [1.165, 1.54) is 0 Å². The molecule has 26 heavy (non-hydrogen) atoms. The van der Waals surface area contributed by atoms with Crippen LogP contribution in [0, 0.1) is 18.8 Å². The lowest BCUT2D eigenvalue weighted by Gasteiger charge is -2.47. The Morgan fingerprint density at radius 2 is 2.31 bits per heavy atom. The number of hydrogen-bond donors (Lipinski definition) is 2. The van der Waals surface area contributed by atoms with Crippen LogP contribution in [0.5, 0.6) is 0 Å². The van der Waals surface area contributed by atoms with Crippen molar-refractivity contribution in [2.75, 3.05) is 38.3 Å². The Morgan fingerprint density at radius 3 is 3.04 bits per heavy atom. The number of rotatable bonds is 5. The average molecular weight is 359 g/mol. The predicted molar refractivity (Wildman–Crippen MR) is 96.4 cm³/mol. The van der Waals surface area contributed by atoms with Crippen molar-refractivity contribution in [1.82, 2.24) is 10.6 Å². The third-order valence-corrected chi connectivity index (χ3v) is 5.80. The van der Waals surface area contributed by atoms with Crippen LogP contribution >= 0.6 is 0 Å². The van der Waals surface area contributed by atoms with Crippen molar-refractivity contribution in [3.63, 3.8) is 0 Å². The largest absolute Gasteiger partial charge is 0.384 e. The van der Waals surface area contributed by atoms with Crippen molar-refractivity contribution in [2.45, 2.75) is 25.5 Å². The number of fused-ring (bicyclic) bond motifs is 1. The van der Waals surface area contributed by atoms with E-state index in [1.54, 1.807) is 12.0 Å². The highest BCUT2D eigenvalue weighted by atomic mass is 16.5. The third-order valence-electron chi connectivity index (χ3n) is 5.80. The van der Waals surface area contributed by atoms with Gasteiger partial charge in [-0.05, 0) is 31.0 Å². The minimum atomic E-state index is -0.115. The second-order valence-electron chi connectivity index (χ2n) is 7.29. The summed E-state index contributed by atoms with van der Waals surface area (Å²) in [6, 6.07) is 5.48. The zero-order valence-corrected chi connectivity index (χ0v) is 15.2. The smallest absolute Gasteiger partial charge is 0.322 e. The molecule has 2 aliphatic heterocycles. The van der Waals surface area contributed by atoms with E-state index in [0.717, 1.165) is 24.3 Å². The Balaban J connectivity index is 1.50. The van der Waals surface area contributed by atoms with Crippen LogP contribution in [0.15, 0.2) is 18.2 Å². The summed E-state index contributed by atoms with van der Waals surface area (Å²) in [6.07, 6.45) is 1.17. The summed E-state index contributed by atoms with van der Waals surface area (Å²) in [5, 5.41) is 5.97. The molecule has 4 unspecified atom stereocenters. The molecule has 1 aliphatic carbocycles. The number of nitrogens with zero attached hydrogens (tertiary/aromatic N) is 1. The molecule has 3 fully saturated rings. The van der Waals surface area contributed by atoms with E-state index in [1.807, 2.05) is 25.1 Å². The zero-order chi connectivity index (χ0) is 18.3. The lowest BCUT2D eigenvalue weighted by molar-refractivity contribution is -0.0809. The second kappa shape index (κ2) is 6.89. The van der Waals surface area contributed by atoms with Gasteiger partial charge in [-0.25, -0.2) is 4.79 Å². The Morgan fingerprint density at radius 1 is 1.46 bits per heavy atom. The van der Waals surface area contributed by atoms with Crippen LogP contribution in [0.3, 0.4) is 0 Å². The Hall–Kier alpha value is -2.12. The molecule has 7 heteroatoms. The summed E-state index contributed by atoms with van der Waals surface area (Å²) < 4.78 is 11.1. The van der Waals surface area contributed by atoms with Crippen molar-refractivity contribution in [2.24, 2.45) is 11.8 Å². The number of methoxy groups -OCH3 is 1. The van der Waals surface area contributed by atoms with Gasteiger partial charge in [0.05, 0.1) is 12.7 Å². The van der Waals surface area contributed by atoms with Gasteiger partial charge in [0, 0.05) is 55.9 Å². The number of hydrogen-bond acceptors (Lipinski definition) is 4. The molecular weight excluding hydrogens is 334 g/mol. The fourth-order valence-electron chi connectivity index (χ4n) is 4.41. The molecule has 1 aromatic rings. The van der Waals surface area contributed by atoms with Gasteiger partial charge in [-0.15, -0.1) is 0 Å². The van der Waals surface area contributed by atoms with E-state index in [0.29, 0.717) is 31.2 Å². The van der Waals surface area contributed by atoms with Gasteiger partial charge in [-0.3, -0.25) is 9.69 Å². The maximum atomic E-state index is 12.8. The molecule has 1 aromatic carbocycles. The van der Waals surface area contributed by atoms with Gasteiger partial charge >= 0.3 is 6.03 Å². The molecule has 0 aromatic heterocycles. The van der Waals surface area contributed by atoms with E-state index in [-0.39, 0.29) is 30.0 Å². The molecule has 2 saturated heterocycles. The molecular formula is C19H25N3O4. The van der Waals surface area contributed by atoms with Crippen molar-refractivity contribution in [1.29, 1.82) is 0 Å². The number of aryl methyl sites for hydroxylation is 1. The fourth-order valence-corrected chi connectivity index (χ4v) is 4.41. The first-order valence-electron chi connectivity index (χ1n) is 9.17. The lowest BCUT2D eigenvalue weighted by Crippen LogP contribution is -2.62. The van der Waals surface area contributed by atoms with Crippen LogP contribution in [0.2, 0.25) is 0 Å². The summed E-state index contributed by atoms with van der Waals surface area (Å²) in [6.45, 7) is 4.52. The summed E-state index contributed by atoms with van der Waals surface area (Å²) >= 11 is 0. The van der Waals surface area contributed by atoms with E-state index >= 15 is 0 Å². The normalized spacial score (nSPS) is 29.9. The number of anilines is 1. The first kappa shape index (κ1) is 17.3. The zero-order valence-electron chi connectivity index (χ0n) is 15.2. The molecule has 0 bridgehead atoms. The fraction of sp³-hybridized carbons (Fsp3) is 0.579. The summed E-state index contributed by atoms with van der Waals surface area (Å²) in [5.74, 6) is 0.460. The minimum Gasteiger partial charge on any atom is -0.384 e. The molecule has 2 heterocycles. The summed E-state index contributed by atoms with van der Waals surface area (Å²) in [5.41, 5.74) is 2.34. The topological polar surface area (TPSA) is 79.9 Å². The van der Waals surface area contributed by atoms with Crippen molar-refractivity contribution < 1.29 is 19.1 Å². The molecule has 0 spiro atoms. The van der Waals surface area contributed by atoms with Gasteiger partial charge < -0.3 is 20.1 Å². The minimum absolute atomic E-state index is 0.0785. The lowest BCUT2D eigenvalue weighted by atomic mass is 9.67. The summed E-state index contributed by atoms with van der Waals surface area (Å²) in [7, 11) is 1.68. The maximum Gasteiger partial charge on any atom is 0.322 e. The Bertz CT molecular complexity index is 723. The molecule has 4 atom stereocenters. The molecule has 4 rings (SSSR count). The van der Waals surface area contributed by atoms with Crippen LogP contribution in [0.25, 0.3) is 0 Å². The number of benzene rings is 1. The Kier molecular flexibility index (Phi) is 4.58. The van der Waals surface area contributed by atoms with Gasteiger partial charge in [0.15, 0.2) is 0 Å². The molecule has 3 amide bonds. The van der Waals surface area contributed by atoms with Crippen LogP contribution < -0.4 is 15.5 Å². The highest BCUT2D eigenvalue weighted by molar-refractivity contribution is 5.99.